The minimum absolute atomic E-state index is 0.185. The van der Waals surface area contributed by atoms with Crippen LogP contribution in [0.2, 0.25) is 0 Å². The van der Waals surface area contributed by atoms with E-state index in [2.05, 4.69) is 31.0 Å². The van der Waals surface area contributed by atoms with Crippen molar-refractivity contribution in [1.82, 2.24) is 25.9 Å². The van der Waals surface area contributed by atoms with Crippen molar-refractivity contribution in [2.45, 2.75) is 0 Å². The lowest BCUT2D eigenvalue weighted by Gasteiger charge is -1.96. The second kappa shape index (κ2) is 4.06. The topological polar surface area (TPSA) is 133 Å². The van der Waals surface area contributed by atoms with E-state index in [1.165, 1.54) is 7.05 Å². The molecule has 13 heavy (non-hydrogen) atoms. The van der Waals surface area contributed by atoms with Gasteiger partial charge < -0.3 is 5.21 Å². The lowest BCUT2D eigenvalue weighted by atomic mass is 10.6. The Balaban J connectivity index is 2.97. The molecule has 0 atom stereocenters. The minimum Gasteiger partial charge on any atom is -0.409 e. The van der Waals surface area contributed by atoms with Crippen molar-refractivity contribution in [3.63, 3.8) is 0 Å². The van der Waals surface area contributed by atoms with Gasteiger partial charge in [0.05, 0.1) is 7.05 Å². The predicted octanol–water partition coefficient (Wildman–Crippen LogP) is -1.37. The summed E-state index contributed by atoms with van der Waals surface area (Å²) in [5.74, 6) is -0.409. The molecule has 0 aliphatic rings. The summed E-state index contributed by atoms with van der Waals surface area (Å²) in [6, 6.07) is 0. The molecule has 0 aliphatic heterocycles. The van der Waals surface area contributed by atoms with Crippen molar-refractivity contribution < 1.29 is 10.4 Å². The predicted molar refractivity (Wildman–Crippen MR) is 37.2 cm³/mol. The van der Waals surface area contributed by atoms with Crippen LogP contribution in [0.25, 0.3) is 0 Å². The van der Waals surface area contributed by atoms with E-state index in [0.717, 1.165) is 0 Å². The van der Waals surface area contributed by atoms with Gasteiger partial charge in [0.25, 0.3) is 5.82 Å². The molecule has 0 saturated heterocycles. The SMILES string of the molecule is C/N=N\N=C(/NO)c1nnnn1O. The summed E-state index contributed by atoms with van der Waals surface area (Å²) in [4.78, 5) is 0.327. The molecule has 0 aromatic carbocycles. The lowest BCUT2D eigenvalue weighted by Crippen LogP contribution is -2.24. The molecule has 0 aliphatic carbocycles. The van der Waals surface area contributed by atoms with Gasteiger partial charge in [-0.05, 0) is 15.7 Å². The Hall–Kier alpha value is -2.10. The van der Waals surface area contributed by atoms with Crippen LogP contribution in [0.3, 0.4) is 0 Å². The average molecular weight is 186 g/mol. The van der Waals surface area contributed by atoms with Gasteiger partial charge in [0.2, 0.25) is 5.84 Å². The van der Waals surface area contributed by atoms with Gasteiger partial charge in [-0.2, -0.15) is 5.11 Å². The Morgan fingerprint density at radius 1 is 1.62 bits per heavy atom. The van der Waals surface area contributed by atoms with Gasteiger partial charge in [-0.1, -0.05) is 4.85 Å². The van der Waals surface area contributed by atoms with Gasteiger partial charge in [-0.3, -0.25) is 5.21 Å². The number of tetrazole rings is 1. The number of nitrogens with one attached hydrogen (secondary N) is 1. The van der Waals surface area contributed by atoms with Gasteiger partial charge in [0.15, 0.2) is 0 Å². The minimum atomic E-state index is -0.224. The fraction of sp³-hybridized carbons (Fsp3) is 0.333. The first-order valence-corrected chi connectivity index (χ1v) is 3.04. The van der Waals surface area contributed by atoms with Crippen molar-refractivity contribution >= 4 is 5.84 Å². The molecule has 1 aromatic heterocycles. The first kappa shape index (κ1) is 8.99. The number of hydroxylamine groups is 1. The Morgan fingerprint density at radius 3 is 2.85 bits per heavy atom. The molecule has 0 unspecified atom stereocenters. The highest BCUT2D eigenvalue weighted by atomic mass is 16.5. The van der Waals surface area contributed by atoms with Gasteiger partial charge in [0.1, 0.15) is 0 Å². The summed E-state index contributed by atoms with van der Waals surface area (Å²) in [5, 5.41) is 36.9. The Labute approximate surface area is 71.5 Å². The summed E-state index contributed by atoms with van der Waals surface area (Å²) < 4.78 is 0. The van der Waals surface area contributed by atoms with E-state index in [0.29, 0.717) is 4.85 Å². The van der Waals surface area contributed by atoms with Crippen LogP contribution in [0.4, 0.5) is 0 Å². The van der Waals surface area contributed by atoms with E-state index in [1.54, 1.807) is 5.48 Å². The van der Waals surface area contributed by atoms with Crippen molar-refractivity contribution in [3.8, 4) is 0 Å². The normalized spacial score (nSPS) is 12.3. The van der Waals surface area contributed by atoms with Gasteiger partial charge in [0, 0.05) is 0 Å². The smallest absolute Gasteiger partial charge is 0.261 e. The molecule has 0 bridgehead atoms. The molecule has 0 fully saturated rings. The van der Waals surface area contributed by atoms with Crippen LogP contribution >= 0.6 is 0 Å². The quantitative estimate of drug-likeness (QED) is 0.171. The number of hydrogen-bond donors (Lipinski definition) is 3. The Bertz CT molecular complexity index is 328. The highest BCUT2D eigenvalue weighted by Crippen LogP contribution is 1.90. The fourth-order valence-electron chi connectivity index (χ4n) is 0.531. The number of hydrogen-bond acceptors (Lipinski definition) is 7. The molecule has 1 heterocycles. The lowest BCUT2D eigenvalue weighted by molar-refractivity contribution is 0.138. The third-order valence-corrected chi connectivity index (χ3v) is 1.01. The number of aromatic nitrogens is 4. The van der Waals surface area contributed by atoms with Crippen LogP contribution in [0.15, 0.2) is 15.4 Å². The van der Waals surface area contributed by atoms with Gasteiger partial charge in [-0.25, -0.2) is 5.48 Å². The first-order chi connectivity index (χ1) is 6.29. The van der Waals surface area contributed by atoms with Crippen molar-refractivity contribution in [1.29, 1.82) is 0 Å². The average Bonchev–Trinajstić information content (AvgIpc) is 2.54. The van der Waals surface area contributed by atoms with E-state index in [1.807, 2.05) is 0 Å². The van der Waals surface area contributed by atoms with Gasteiger partial charge >= 0.3 is 0 Å². The monoisotopic (exact) mass is 186 g/mol. The standard InChI is InChI=1S/C3H6N8O2/c1-4-8-5-2(7-12)3-6-9-10-11(3)13/h12-13H,1H3,(H,4,5,7). The molecule has 1 aromatic rings. The maximum atomic E-state index is 8.93. The molecule has 10 heteroatoms. The summed E-state index contributed by atoms with van der Waals surface area (Å²) in [7, 11) is 1.39. The molecule has 0 radical (unpaired) electrons. The largest absolute Gasteiger partial charge is 0.409 e. The van der Waals surface area contributed by atoms with E-state index in [9.17, 15) is 0 Å². The van der Waals surface area contributed by atoms with Crippen molar-refractivity contribution in [2.24, 2.45) is 15.4 Å². The maximum Gasteiger partial charge on any atom is 0.261 e. The molecular formula is C3H6N8O2. The van der Waals surface area contributed by atoms with Crippen LogP contribution in [-0.2, 0) is 0 Å². The number of nitrogens with zero attached hydrogens (tertiary/aromatic N) is 7. The van der Waals surface area contributed by atoms with E-state index < -0.39 is 0 Å². The second-order valence-corrected chi connectivity index (χ2v) is 1.74. The first-order valence-electron chi connectivity index (χ1n) is 3.04. The highest BCUT2D eigenvalue weighted by molar-refractivity contribution is 5.94. The van der Waals surface area contributed by atoms with E-state index in [4.69, 9.17) is 10.4 Å². The third-order valence-electron chi connectivity index (χ3n) is 1.01. The zero-order valence-electron chi connectivity index (χ0n) is 6.52. The molecular weight excluding hydrogens is 180 g/mol. The summed E-state index contributed by atoms with van der Waals surface area (Å²) in [6.45, 7) is 0. The molecule has 0 saturated carbocycles. The zero-order valence-corrected chi connectivity index (χ0v) is 6.52. The van der Waals surface area contributed by atoms with Gasteiger partial charge in [-0.15, -0.1) is 10.2 Å². The van der Waals surface area contributed by atoms with Crippen LogP contribution < -0.4 is 5.48 Å². The van der Waals surface area contributed by atoms with Crippen LogP contribution in [-0.4, -0.2) is 43.7 Å². The Morgan fingerprint density at radius 2 is 2.38 bits per heavy atom. The molecule has 1 rings (SSSR count). The number of amidine groups is 1. The zero-order chi connectivity index (χ0) is 9.68. The third kappa shape index (κ3) is 1.93. The highest BCUT2D eigenvalue weighted by Gasteiger charge is 2.12. The van der Waals surface area contributed by atoms with Crippen molar-refractivity contribution in [2.75, 3.05) is 7.05 Å². The van der Waals surface area contributed by atoms with E-state index >= 15 is 0 Å². The van der Waals surface area contributed by atoms with Crippen LogP contribution in [0.5, 0.6) is 0 Å². The second-order valence-electron chi connectivity index (χ2n) is 1.74. The maximum absolute atomic E-state index is 8.93. The summed E-state index contributed by atoms with van der Waals surface area (Å²) >= 11 is 0. The summed E-state index contributed by atoms with van der Waals surface area (Å²) in [6.07, 6.45) is 0. The fourth-order valence-corrected chi connectivity index (χ4v) is 0.531. The summed E-state index contributed by atoms with van der Waals surface area (Å²) in [5.41, 5.74) is 1.65. The molecule has 3 N–H and O–H groups in total. The van der Waals surface area contributed by atoms with Crippen LogP contribution in [0, 0.1) is 0 Å². The van der Waals surface area contributed by atoms with Crippen molar-refractivity contribution in [3.05, 3.63) is 5.82 Å². The molecule has 10 nitrogen and oxygen atoms in total. The van der Waals surface area contributed by atoms with Crippen LogP contribution in [0.1, 0.15) is 5.82 Å². The van der Waals surface area contributed by atoms with E-state index in [-0.39, 0.29) is 11.7 Å². The number of rotatable bonds is 2. The Kier molecular flexibility index (Phi) is 2.81. The molecule has 0 amide bonds. The molecule has 0 spiro atoms. The molecule has 70 valence electrons.